The lowest BCUT2D eigenvalue weighted by atomic mass is 10.1. The van der Waals surface area contributed by atoms with Crippen molar-refractivity contribution in [1.29, 1.82) is 0 Å². The molecule has 0 amide bonds. The minimum absolute atomic E-state index is 0.156. The highest BCUT2D eigenvalue weighted by atomic mass is 16.5. The number of benzene rings is 1. The van der Waals surface area contributed by atoms with Crippen LogP contribution in [0, 0.1) is 0 Å². The maximum absolute atomic E-state index is 11.0. The molecule has 106 valence electrons. The summed E-state index contributed by atoms with van der Waals surface area (Å²) < 4.78 is 4.61. The summed E-state index contributed by atoms with van der Waals surface area (Å²) in [7, 11) is 1.41. The van der Waals surface area contributed by atoms with Gasteiger partial charge in [0.2, 0.25) is 0 Å². The van der Waals surface area contributed by atoms with Crippen molar-refractivity contribution in [3.63, 3.8) is 0 Å². The fourth-order valence-electron chi connectivity index (χ4n) is 2.00. The quantitative estimate of drug-likeness (QED) is 0.730. The van der Waals surface area contributed by atoms with Crippen LogP contribution in [-0.4, -0.2) is 37.9 Å². The second-order valence-electron chi connectivity index (χ2n) is 4.40. The predicted molar refractivity (Wildman–Crippen MR) is 76.4 cm³/mol. The molecule has 0 spiro atoms. The molecule has 0 atom stereocenters. The first-order valence-electron chi connectivity index (χ1n) is 6.72. The van der Waals surface area contributed by atoms with Crippen molar-refractivity contribution in [3.8, 4) is 0 Å². The van der Waals surface area contributed by atoms with Crippen LogP contribution < -0.4 is 4.90 Å². The number of ether oxygens (including phenoxy) is 1. The van der Waals surface area contributed by atoms with Gasteiger partial charge >= 0.3 is 5.97 Å². The zero-order valence-corrected chi connectivity index (χ0v) is 11.8. The number of carbonyl (C=O) groups excluding carboxylic acids is 1. The van der Waals surface area contributed by atoms with Crippen molar-refractivity contribution in [2.75, 3.05) is 31.7 Å². The first-order valence-corrected chi connectivity index (χ1v) is 6.72. The Morgan fingerprint density at radius 3 is 2.53 bits per heavy atom. The second kappa shape index (κ2) is 8.53. The second-order valence-corrected chi connectivity index (χ2v) is 4.40. The number of aliphatic hydroxyl groups excluding tert-OH is 1. The first-order chi connectivity index (χ1) is 9.21. The van der Waals surface area contributed by atoms with Crippen molar-refractivity contribution in [1.82, 2.24) is 0 Å². The molecule has 0 radical (unpaired) electrons. The molecule has 0 aliphatic rings. The summed E-state index contributed by atoms with van der Waals surface area (Å²) in [5.74, 6) is -0.156. The monoisotopic (exact) mass is 265 g/mol. The van der Waals surface area contributed by atoms with Crippen LogP contribution in [0.1, 0.15) is 25.3 Å². The molecule has 1 N–H and O–H groups in total. The number of nitrogens with zero attached hydrogens (tertiary/aromatic N) is 1. The number of aliphatic hydroxyl groups is 1. The molecular formula is C15H23NO3. The van der Waals surface area contributed by atoms with Gasteiger partial charge in [-0.2, -0.15) is 0 Å². The van der Waals surface area contributed by atoms with Crippen LogP contribution in [0.5, 0.6) is 0 Å². The molecule has 1 aromatic carbocycles. The van der Waals surface area contributed by atoms with E-state index in [1.165, 1.54) is 12.7 Å². The Morgan fingerprint density at radius 1 is 1.32 bits per heavy atom. The van der Waals surface area contributed by atoms with Gasteiger partial charge in [-0.15, -0.1) is 0 Å². The molecule has 0 fully saturated rings. The van der Waals surface area contributed by atoms with E-state index < -0.39 is 0 Å². The summed E-state index contributed by atoms with van der Waals surface area (Å²) >= 11 is 0. The largest absolute Gasteiger partial charge is 0.469 e. The third-order valence-electron chi connectivity index (χ3n) is 3.13. The van der Waals surface area contributed by atoms with Crippen molar-refractivity contribution in [3.05, 3.63) is 29.8 Å². The smallest absolute Gasteiger partial charge is 0.305 e. The van der Waals surface area contributed by atoms with Crippen LogP contribution in [0.4, 0.5) is 5.69 Å². The molecule has 0 unspecified atom stereocenters. The maximum Gasteiger partial charge on any atom is 0.305 e. The van der Waals surface area contributed by atoms with Gasteiger partial charge in [0.15, 0.2) is 0 Å². The first kappa shape index (κ1) is 15.5. The average molecular weight is 265 g/mol. The van der Waals surface area contributed by atoms with Gasteiger partial charge in [0.1, 0.15) is 0 Å². The van der Waals surface area contributed by atoms with E-state index in [1.54, 1.807) is 0 Å². The average Bonchev–Trinajstić information content (AvgIpc) is 2.45. The highest BCUT2D eigenvalue weighted by molar-refractivity contribution is 5.69. The number of hydrogen-bond acceptors (Lipinski definition) is 4. The Morgan fingerprint density at radius 2 is 2.00 bits per heavy atom. The topological polar surface area (TPSA) is 49.8 Å². The van der Waals surface area contributed by atoms with E-state index in [2.05, 4.69) is 40.8 Å². The van der Waals surface area contributed by atoms with Crippen molar-refractivity contribution in [2.45, 2.75) is 26.2 Å². The minimum atomic E-state index is -0.156. The van der Waals surface area contributed by atoms with Crippen LogP contribution in [0.2, 0.25) is 0 Å². The number of hydrogen-bond donors (Lipinski definition) is 1. The number of aryl methyl sites for hydroxylation is 1. The molecule has 4 heteroatoms. The molecule has 1 aromatic rings. The van der Waals surface area contributed by atoms with Crippen molar-refractivity contribution >= 4 is 11.7 Å². The lowest BCUT2D eigenvalue weighted by Crippen LogP contribution is -2.25. The normalized spacial score (nSPS) is 10.3. The standard InChI is InChI=1S/C15H23NO3/c1-3-16(11-12-17)14-9-7-13(8-10-14)5-4-6-15(18)19-2/h7-10,17H,3-6,11-12H2,1-2H3. The van der Waals surface area contributed by atoms with E-state index in [-0.39, 0.29) is 12.6 Å². The van der Waals surface area contributed by atoms with Gasteiger partial charge < -0.3 is 14.7 Å². The SMILES string of the molecule is CCN(CCO)c1ccc(CCCC(=O)OC)cc1. The number of carbonyl (C=O) groups is 1. The Balaban J connectivity index is 2.49. The van der Waals surface area contributed by atoms with E-state index >= 15 is 0 Å². The van der Waals surface area contributed by atoms with Crippen LogP contribution in [-0.2, 0) is 16.0 Å². The molecule has 0 aromatic heterocycles. The van der Waals surface area contributed by atoms with Gasteiger partial charge in [0.25, 0.3) is 0 Å². The number of anilines is 1. The van der Waals surface area contributed by atoms with E-state index in [0.29, 0.717) is 13.0 Å². The van der Waals surface area contributed by atoms with Crippen LogP contribution >= 0.6 is 0 Å². The number of rotatable bonds is 8. The summed E-state index contributed by atoms with van der Waals surface area (Å²) in [5, 5.41) is 8.99. The molecule has 1 rings (SSSR count). The van der Waals surface area contributed by atoms with Gasteiger partial charge in [0, 0.05) is 25.2 Å². The van der Waals surface area contributed by atoms with E-state index in [9.17, 15) is 4.79 Å². The van der Waals surface area contributed by atoms with E-state index in [1.807, 2.05) is 0 Å². The van der Waals surface area contributed by atoms with Crippen molar-refractivity contribution < 1.29 is 14.6 Å². The molecule has 0 bridgehead atoms. The number of methoxy groups -OCH3 is 1. The molecule has 0 aliphatic heterocycles. The summed E-state index contributed by atoms with van der Waals surface area (Å²) in [6.07, 6.45) is 2.14. The Labute approximate surface area is 115 Å². The lowest BCUT2D eigenvalue weighted by molar-refractivity contribution is -0.140. The van der Waals surface area contributed by atoms with Gasteiger partial charge in [-0.05, 0) is 37.5 Å². The van der Waals surface area contributed by atoms with Gasteiger partial charge in [-0.1, -0.05) is 12.1 Å². The molecule has 4 nitrogen and oxygen atoms in total. The van der Waals surface area contributed by atoms with Crippen molar-refractivity contribution in [2.24, 2.45) is 0 Å². The Hall–Kier alpha value is -1.55. The molecule has 19 heavy (non-hydrogen) atoms. The minimum Gasteiger partial charge on any atom is -0.469 e. The van der Waals surface area contributed by atoms with Gasteiger partial charge in [0.05, 0.1) is 13.7 Å². The van der Waals surface area contributed by atoms with Crippen LogP contribution in [0.25, 0.3) is 0 Å². The fraction of sp³-hybridized carbons (Fsp3) is 0.533. The number of likely N-dealkylation sites (N-methyl/N-ethyl adjacent to an activating group) is 1. The summed E-state index contributed by atoms with van der Waals surface area (Å²) in [6, 6.07) is 8.28. The highest BCUT2D eigenvalue weighted by Gasteiger charge is 2.04. The van der Waals surface area contributed by atoms with E-state index in [4.69, 9.17) is 5.11 Å². The zero-order chi connectivity index (χ0) is 14.1. The van der Waals surface area contributed by atoms with Gasteiger partial charge in [-0.3, -0.25) is 4.79 Å². The summed E-state index contributed by atoms with van der Waals surface area (Å²) in [4.78, 5) is 13.1. The molecule has 0 heterocycles. The molecule has 0 saturated heterocycles. The highest BCUT2D eigenvalue weighted by Crippen LogP contribution is 2.16. The summed E-state index contributed by atoms with van der Waals surface area (Å²) in [5.41, 5.74) is 2.33. The van der Waals surface area contributed by atoms with E-state index in [0.717, 1.165) is 25.1 Å². The summed E-state index contributed by atoms with van der Waals surface area (Å²) in [6.45, 7) is 3.76. The van der Waals surface area contributed by atoms with Gasteiger partial charge in [-0.25, -0.2) is 0 Å². The van der Waals surface area contributed by atoms with Crippen LogP contribution in [0.3, 0.4) is 0 Å². The Kier molecular flexibility index (Phi) is 6.97. The zero-order valence-electron chi connectivity index (χ0n) is 11.8. The molecule has 0 saturated carbocycles. The van der Waals surface area contributed by atoms with Crippen LogP contribution in [0.15, 0.2) is 24.3 Å². The third-order valence-corrected chi connectivity index (χ3v) is 3.13. The fourth-order valence-corrected chi connectivity index (χ4v) is 2.00. The molecule has 0 aliphatic carbocycles. The molecular weight excluding hydrogens is 242 g/mol. The Bertz CT molecular complexity index is 375. The lowest BCUT2D eigenvalue weighted by Gasteiger charge is -2.22. The maximum atomic E-state index is 11.0. The number of esters is 1. The third kappa shape index (κ3) is 5.30. The predicted octanol–water partition coefficient (Wildman–Crippen LogP) is 2.00.